The predicted molar refractivity (Wildman–Crippen MR) is 76.1 cm³/mol. The third kappa shape index (κ3) is 2.39. The van der Waals surface area contributed by atoms with E-state index in [9.17, 15) is 4.79 Å². The van der Waals surface area contributed by atoms with Crippen molar-refractivity contribution in [2.24, 2.45) is 0 Å². The first kappa shape index (κ1) is 14.1. The van der Waals surface area contributed by atoms with E-state index >= 15 is 0 Å². The molecular formula is C16H23NO2. The molecule has 1 aromatic carbocycles. The molecule has 1 N–H and O–H groups in total. The first-order chi connectivity index (χ1) is 9.15. The number of nitrogens with one attached hydrogen (secondary N) is 1. The number of rotatable bonds is 4. The van der Waals surface area contributed by atoms with Gasteiger partial charge in [-0.25, -0.2) is 4.79 Å². The van der Waals surface area contributed by atoms with Crippen LogP contribution in [0.3, 0.4) is 0 Å². The number of esters is 1. The summed E-state index contributed by atoms with van der Waals surface area (Å²) < 4.78 is 5.33. The second kappa shape index (κ2) is 5.74. The summed E-state index contributed by atoms with van der Waals surface area (Å²) in [6, 6.07) is 8.24. The van der Waals surface area contributed by atoms with Gasteiger partial charge in [0.05, 0.1) is 6.61 Å². The van der Waals surface area contributed by atoms with Gasteiger partial charge in [0.25, 0.3) is 0 Å². The van der Waals surface area contributed by atoms with Crippen molar-refractivity contribution in [2.75, 3.05) is 13.2 Å². The van der Waals surface area contributed by atoms with Gasteiger partial charge < -0.3 is 4.74 Å². The Kier molecular flexibility index (Phi) is 4.25. The van der Waals surface area contributed by atoms with Crippen molar-refractivity contribution in [1.29, 1.82) is 0 Å². The van der Waals surface area contributed by atoms with Gasteiger partial charge in [-0.05, 0) is 43.4 Å². The number of hydrogen-bond acceptors (Lipinski definition) is 3. The van der Waals surface area contributed by atoms with E-state index in [1.165, 1.54) is 5.56 Å². The molecule has 0 saturated heterocycles. The zero-order valence-corrected chi connectivity index (χ0v) is 12.0. The van der Waals surface area contributed by atoms with Crippen LogP contribution in [0.2, 0.25) is 0 Å². The van der Waals surface area contributed by atoms with Gasteiger partial charge in [-0.15, -0.1) is 0 Å². The van der Waals surface area contributed by atoms with E-state index < -0.39 is 5.54 Å². The Bertz CT molecular complexity index is 458. The van der Waals surface area contributed by atoms with E-state index in [0.717, 1.165) is 24.9 Å². The molecule has 0 aliphatic heterocycles. The second-order valence-electron chi connectivity index (χ2n) is 5.18. The van der Waals surface area contributed by atoms with E-state index in [4.69, 9.17) is 4.74 Å². The largest absolute Gasteiger partial charge is 0.464 e. The summed E-state index contributed by atoms with van der Waals surface area (Å²) in [6.45, 7) is 7.28. The summed E-state index contributed by atoms with van der Waals surface area (Å²) in [5, 5.41) is 3.38. The molecule has 19 heavy (non-hydrogen) atoms. The standard InChI is InChI=1S/C16H23NO2/c1-4-17-16(15(18)19-5-2)11-10-12(3)13-8-6-7-9-14(13)16/h6-9,12,17H,4-5,10-11H2,1-3H3. The lowest BCUT2D eigenvalue weighted by molar-refractivity contribution is -0.152. The molecule has 2 rings (SSSR count). The van der Waals surface area contributed by atoms with Crippen LogP contribution in [0, 0.1) is 0 Å². The number of carbonyl (C=O) groups is 1. The molecule has 3 nitrogen and oxygen atoms in total. The zero-order chi connectivity index (χ0) is 13.9. The summed E-state index contributed by atoms with van der Waals surface area (Å²) in [7, 11) is 0. The van der Waals surface area contributed by atoms with Crippen LogP contribution in [0.4, 0.5) is 0 Å². The van der Waals surface area contributed by atoms with Gasteiger partial charge in [-0.1, -0.05) is 38.1 Å². The summed E-state index contributed by atoms with van der Waals surface area (Å²) >= 11 is 0. The molecular weight excluding hydrogens is 238 g/mol. The highest BCUT2D eigenvalue weighted by Crippen LogP contribution is 2.41. The third-order valence-electron chi connectivity index (χ3n) is 4.01. The number of benzene rings is 1. The molecule has 0 aromatic heterocycles. The normalized spacial score (nSPS) is 25.7. The van der Waals surface area contributed by atoms with Gasteiger partial charge in [0.1, 0.15) is 5.54 Å². The van der Waals surface area contributed by atoms with Crippen LogP contribution in [0.25, 0.3) is 0 Å². The third-order valence-corrected chi connectivity index (χ3v) is 4.01. The van der Waals surface area contributed by atoms with E-state index in [-0.39, 0.29) is 5.97 Å². The Balaban J connectivity index is 2.50. The van der Waals surface area contributed by atoms with Crippen LogP contribution in [0.1, 0.15) is 50.7 Å². The van der Waals surface area contributed by atoms with Gasteiger partial charge in [0, 0.05) is 0 Å². The molecule has 0 amide bonds. The highest BCUT2D eigenvalue weighted by atomic mass is 16.5. The smallest absolute Gasteiger partial charge is 0.331 e. The number of likely N-dealkylation sites (N-methyl/N-ethyl adjacent to an activating group) is 1. The van der Waals surface area contributed by atoms with Crippen molar-refractivity contribution in [2.45, 2.75) is 45.1 Å². The Hall–Kier alpha value is -1.35. The van der Waals surface area contributed by atoms with Crippen LogP contribution in [-0.2, 0) is 15.1 Å². The number of ether oxygens (including phenoxy) is 1. The quantitative estimate of drug-likeness (QED) is 0.847. The van der Waals surface area contributed by atoms with Crippen molar-refractivity contribution in [1.82, 2.24) is 5.32 Å². The molecule has 2 unspecified atom stereocenters. The van der Waals surface area contributed by atoms with Crippen molar-refractivity contribution >= 4 is 5.97 Å². The predicted octanol–water partition coefficient (Wildman–Crippen LogP) is 2.95. The maximum absolute atomic E-state index is 12.5. The SMILES string of the molecule is CCNC1(C(=O)OCC)CCC(C)c2ccccc21. The molecule has 0 fully saturated rings. The van der Waals surface area contributed by atoms with Crippen LogP contribution in [0.5, 0.6) is 0 Å². The molecule has 1 aliphatic rings. The van der Waals surface area contributed by atoms with Crippen molar-refractivity contribution < 1.29 is 9.53 Å². The molecule has 0 heterocycles. The van der Waals surface area contributed by atoms with Crippen molar-refractivity contribution in [3.63, 3.8) is 0 Å². The molecule has 3 heteroatoms. The number of hydrogen-bond donors (Lipinski definition) is 1. The monoisotopic (exact) mass is 261 g/mol. The lowest BCUT2D eigenvalue weighted by Gasteiger charge is -2.39. The van der Waals surface area contributed by atoms with E-state index in [1.54, 1.807) is 0 Å². The Labute approximate surface area is 115 Å². The van der Waals surface area contributed by atoms with E-state index in [1.807, 2.05) is 26.0 Å². The number of carbonyl (C=O) groups excluding carboxylic acids is 1. The fourth-order valence-corrected chi connectivity index (χ4v) is 3.06. The molecule has 2 atom stereocenters. The molecule has 0 radical (unpaired) electrons. The molecule has 0 bridgehead atoms. The Morgan fingerprint density at radius 2 is 2.16 bits per heavy atom. The fourth-order valence-electron chi connectivity index (χ4n) is 3.06. The topological polar surface area (TPSA) is 38.3 Å². The highest BCUT2D eigenvalue weighted by Gasteiger charge is 2.45. The first-order valence-electron chi connectivity index (χ1n) is 7.17. The van der Waals surface area contributed by atoms with Gasteiger partial charge in [0.15, 0.2) is 0 Å². The maximum atomic E-state index is 12.5. The molecule has 0 saturated carbocycles. The lowest BCUT2D eigenvalue weighted by Crippen LogP contribution is -2.52. The minimum absolute atomic E-state index is 0.142. The number of fused-ring (bicyclic) bond motifs is 1. The van der Waals surface area contributed by atoms with Gasteiger partial charge in [-0.2, -0.15) is 0 Å². The van der Waals surface area contributed by atoms with E-state index in [2.05, 4.69) is 24.4 Å². The second-order valence-corrected chi connectivity index (χ2v) is 5.18. The van der Waals surface area contributed by atoms with Crippen LogP contribution in [-0.4, -0.2) is 19.1 Å². The van der Waals surface area contributed by atoms with Crippen LogP contribution >= 0.6 is 0 Å². The average Bonchev–Trinajstić information content (AvgIpc) is 2.43. The van der Waals surface area contributed by atoms with Gasteiger partial charge in [0.2, 0.25) is 0 Å². The lowest BCUT2D eigenvalue weighted by atomic mass is 9.72. The van der Waals surface area contributed by atoms with E-state index in [0.29, 0.717) is 12.5 Å². The van der Waals surface area contributed by atoms with Gasteiger partial charge in [-0.3, -0.25) is 5.32 Å². The molecule has 104 valence electrons. The maximum Gasteiger partial charge on any atom is 0.331 e. The molecule has 1 aliphatic carbocycles. The minimum Gasteiger partial charge on any atom is -0.464 e. The molecule has 0 spiro atoms. The first-order valence-corrected chi connectivity index (χ1v) is 7.17. The summed E-state index contributed by atoms with van der Waals surface area (Å²) in [6.07, 6.45) is 1.81. The zero-order valence-electron chi connectivity index (χ0n) is 12.0. The van der Waals surface area contributed by atoms with Crippen molar-refractivity contribution in [3.05, 3.63) is 35.4 Å². The summed E-state index contributed by atoms with van der Waals surface area (Å²) in [4.78, 5) is 12.5. The molecule has 1 aromatic rings. The average molecular weight is 261 g/mol. The Morgan fingerprint density at radius 1 is 1.42 bits per heavy atom. The van der Waals surface area contributed by atoms with Crippen LogP contribution < -0.4 is 5.32 Å². The fraction of sp³-hybridized carbons (Fsp3) is 0.562. The summed E-state index contributed by atoms with van der Waals surface area (Å²) in [5.41, 5.74) is 1.70. The summed E-state index contributed by atoms with van der Waals surface area (Å²) in [5.74, 6) is 0.355. The highest BCUT2D eigenvalue weighted by molar-refractivity contribution is 5.83. The minimum atomic E-state index is -0.659. The van der Waals surface area contributed by atoms with Gasteiger partial charge >= 0.3 is 5.97 Å². The van der Waals surface area contributed by atoms with Crippen molar-refractivity contribution in [3.8, 4) is 0 Å². The van der Waals surface area contributed by atoms with Crippen LogP contribution in [0.15, 0.2) is 24.3 Å². The Morgan fingerprint density at radius 3 is 2.84 bits per heavy atom.